The van der Waals surface area contributed by atoms with Gasteiger partial charge in [0.2, 0.25) is 0 Å². The average molecular weight is 433 g/mol. The minimum Gasteiger partial charge on any atom is -0.469 e. The molecule has 0 radical (unpaired) electrons. The summed E-state index contributed by atoms with van der Waals surface area (Å²) >= 11 is 2.68. The number of fused-ring (bicyclic) bond motifs is 2. The zero-order chi connectivity index (χ0) is 16.7. The molecule has 2 bridgehead atoms. The molecule has 132 valence electrons. The van der Waals surface area contributed by atoms with Crippen LogP contribution in [0.5, 0.6) is 0 Å². The molecule has 23 heavy (non-hydrogen) atoms. The van der Waals surface area contributed by atoms with Crippen molar-refractivity contribution in [3.63, 3.8) is 0 Å². The first-order valence-electron chi connectivity index (χ1n) is 9.37. The van der Waals surface area contributed by atoms with E-state index in [1.54, 1.807) is 7.11 Å². The number of piperidine rings is 1. The summed E-state index contributed by atoms with van der Waals surface area (Å²) < 4.78 is 5.99. The van der Waals surface area contributed by atoms with E-state index in [-0.39, 0.29) is 11.9 Å². The van der Waals surface area contributed by atoms with Crippen LogP contribution in [0.3, 0.4) is 0 Å². The first kappa shape index (κ1) is 18.0. The molecule has 1 aliphatic carbocycles. The Morgan fingerprint density at radius 2 is 1.91 bits per heavy atom. The molecule has 3 nitrogen and oxygen atoms in total. The highest BCUT2D eigenvalue weighted by atomic mass is 127. The van der Waals surface area contributed by atoms with E-state index in [2.05, 4.69) is 48.4 Å². The van der Waals surface area contributed by atoms with Gasteiger partial charge in [0.05, 0.1) is 13.0 Å². The summed E-state index contributed by atoms with van der Waals surface area (Å²) in [5.41, 5.74) is 0. The van der Waals surface area contributed by atoms with Crippen LogP contribution in [0.1, 0.15) is 52.4 Å². The van der Waals surface area contributed by atoms with Crippen LogP contribution in [0.2, 0.25) is 0 Å². The topological polar surface area (TPSA) is 29.5 Å². The molecule has 0 aromatic carbocycles. The Balaban J connectivity index is 1.77. The average Bonchev–Trinajstić information content (AvgIpc) is 2.76. The SMILES string of the molecule is COC(=O)C1C2CC[C@H](C[C@@H]1C1CCC(C(C)C)C(I)C1)N2C. The van der Waals surface area contributed by atoms with Gasteiger partial charge >= 0.3 is 5.97 Å². The normalized spacial score (nSPS) is 44.5. The number of ether oxygens (including phenoxy) is 1. The lowest BCUT2D eigenvalue weighted by molar-refractivity contribution is -0.154. The van der Waals surface area contributed by atoms with Crippen LogP contribution in [0.15, 0.2) is 0 Å². The van der Waals surface area contributed by atoms with Crippen LogP contribution in [-0.2, 0) is 9.53 Å². The monoisotopic (exact) mass is 433 g/mol. The largest absolute Gasteiger partial charge is 0.469 e. The van der Waals surface area contributed by atoms with E-state index in [9.17, 15) is 4.79 Å². The minimum absolute atomic E-state index is 0.0446. The summed E-state index contributed by atoms with van der Waals surface area (Å²) in [5.74, 6) is 3.04. The highest BCUT2D eigenvalue weighted by molar-refractivity contribution is 14.1. The van der Waals surface area contributed by atoms with Crippen LogP contribution >= 0.6 is 22.6 Å². The quantitative estimate of drug-likeness (QED) is 0.381. The van der Waals surface area contributed by atoms with Gasteiger partial charge in [-0.25, -0.2) is 0 Å². The number of carbonyl (C=O) groups is 1. The Kier molecular flexibility index (Phi) is 5.61. The maximum absolute atomic E-state index is 12.6. The van der Waals surface area contributed by atoms with Crippen LogP contribution in [0.25, 0.3) is 0 Å². The van der Waals surface area contributed by atoms with Crippen molar-refractivity contribution in [2.24, 2.45) is 29.6 Å². The molecule has 3 aliphatic rings. The number of nitrogens with zero attached hydrogens (tertiary/aromatic N) is 1. The van der Waals surface area contributed by atoms with E-state index in [0.717, 1.165) is 15.8 Å². The molecule has 2 saturated heterocycles. The summed E-state index contributed by atoms with van der Waals surface area (Å²) in [5, 5.41) is 0. The van der Waals surface area contributed by atoms with Gasteiger partial charge in [-0.2, -0.15) is 0 Å². The third-order valence-electron chi connectivity index (χ3n) is 7.11. The van der Waals surface area contributed by atoms with Crippen LogP contribution in [0.4, 0.5) is 0 Å². The molecule has 0 N–H and O–H groups in total. The molecule has 3 fully saturated rings. The van der Waals surface area contributed by atoms with Crippen molar-refractivity contribution in [3.8, 4) is 0 Å². The molecule has 5 unspecified atom stereocenters. The van der Waals surface area contributed by atoms with E-state index >= 15 is 0 Å². The van der Waals surface area contributed by atoms with Crippen LogP contribution in [-0.4, -0.2) is 41.0 Å². The van der Waals surface area contributed by atoms with Gasteiger partial charge in [-0.1, -0.05) is 36.4 Å². The van der Waals surface area contributed by atoms with E-state index in [4.69, 9.17) is 4.74 Å². The summed E-state index contributed by atoms with van der Waals surface area (Å²) in [6.07, 6.45) is 7.58. The lowest BCUT2D eigenvalue weighted by Crippen LogP contribution is -2.52. The van der Waals surface area contributed by atoms with E-state index in [0.29, 0.717) is 23.9 Å². The van der Waals surface area contributed by atoms with Gasteiger partial charge in [-0.3, -0.25) is 9.69 Å². The maximum atomic E-state index is 12.6. The number of halogens is 1. The van der Waals surface area contributed by atoms with Crippen molar-refractivity contribution in [1.82, 2.24) is 4.90 Å². The Morgan fingerprint density at radius 1 is 1.17 bits per heavy atom. The van der Waals surface area contributed by atoms with Crippen LogP contribution < -0.4 is 0 Å². The molecule has 3 rings (SSSR count). The molecule has 2 aliphatic heterocycles. The molecule has 1 saturated carbocycles. The molecule has 2 heterocycles. The fraction of sp³-hybridized carbons (Fsp3) is 0.947. The lowest BCUT2D eigenvalue weighted by Gasteiger charge is -2.47. The van der Waals surface area contributed by atoms with Gasteiger partial charge in [0.1, 0.15) is 0 Å². The summed E-state index contributed by atoms with van der Waals surface area (Å²) in [6, 6.07) is 1.11. The van der Waals surface area contributed by atoms with Crippen molar-refractivity contribution in [2.75, 3.05) is 14.2 Å². The number of carbonyl (C=O) groups excluding carboxylic acids is 1. The molecule has 7 atom stereocenters. The van der Waals surface area contributed by atoms with Gasteiger partial charge in [-0.15, -0.1) is 0 Å². The Hall–Kier alpha value is 0.160. The van der Waals surface area contributed by atoms with Gasteiger partial charge in [0.15, 0.2) is 0 Å². The van der Waals surface area contributed by atoms with Crippen molar-refractivity contribution in [3.05, 3.63) is 0 Å². The number of hydrogen-bond donors (Lipinski definition) is 0. The van der Waals surface area contributed by atoms with Gasteiger partial charge in [0.25, 0.3) is 0 Å². The number of esters is 1. The fourth-order valence-corrected chi connectivity index (χ4v) is 7.61. The van der Waals surface area contributed by atoms with Gasteiger partial charge in [0, 0.05) is 16.0 Å². The molecule has 0 amide bonds. The zero-order valence-electron chi connectivity index (χ0n) is 15.0. The second-order valence-electron chi connectivity index (χ2n) is 8.41. The summed E-state index contributed by atoms with van der Waals surface area (Å²) in [7, 11) is 3.78. The molecule has 4 heteroatoms. The zero-order valence-corrected chi connectivity index (χ0v) is 17.2. The van der Waals surface area contributed by atoms with Crippen LogP contribution in [0, 0.1) is 29.6 Å². The summed E-state index contributed by atoms with van der Waals surface area (Å²) in [4.78, 5) is 15.0. The van der Waals surface area contributed by atoms with Crippen molar-refractivity contribution in [1.29, 1.82) is 0 Å². The molecule has 0 spiro atoms. The minimum atomic E-state index is 0.0446. The smallest absolute Gasteiger partial charge is 0.310 e. The van der Waals surface area contributed by atoms with E-state index in [1.165, 1.54) is 38.5 Å². The number of alkyl halides is 1. The molecule has 0 aromatic heterocycles. The summed E-state index contributed by atoms with van der Waals surface area (Å²) in [6.45, 7) is 4.73. The lowest BCUT2D eigenvalue weighted by atomic mass is 9.65. The second kappa shape index (κ2) is 7.19. The van der Waals surface area contributed by atoms with Crippen molar-refractivity contribution in [2.45, 2.75) is 68.4 Å². The van der Waals surface area contributed by atoms with E-state index in [1.807, 2.05) is 0 Å². The number of rotatable bonds is 3. The number of methoxy groups -OCH3 is 1. The predicted octanol–water partition coefficient (Wildman–Crippen LogP) is 4.13. The highest BCUT2D eigenvalue weighted by Crippen LogP contribution is 2.50. The standard InChI is InChI=1S/C19H32INO2/c1-11(2)14-7-5-12(9-16(14)20)15-10-13-6-8-17(21(13)3)18(15)19(22)23-4/h11-18H,5-10H2,1-4H3/t12?,13-,14?,15-,16?,17?,18?/m1/s1. The molecule has 0 aromatic rings. The second-order valence-corrected chi connectivity index (χ2v) is 10.0. The van der Waals surface area contributed by atoms with Gasteiger partial charge < -0.3 is 4.74 Å². The third kappa shape index (κ3) is 3.31. The fourth-order valence-electron chi connectivity index (χ4n) is 5.77. The first-order chi connectivity index (χ1) is 10.9. The Labute approximate surface area is 155 Å². The third-order valence-corrected chi connectivity index (χ3v) is 8.55. The predicted molar refractivity (Wildman–Crippen MR) is 102 cm³/mol. The van der Waals surface area contributed by atoms with Crippen molar-refractivity contribution < 1.29 is 9.53 Å². The first-order valence-corrected chi connectivity index (χ1v) is 10.6. The van der Waals surface area contributed by atoms with E-state index < -0.39 is 0 Å². The Bertz CT molecular complexity index is 441. The van der Waals surface area contributed by atoms with Crippen molar-refractivity contribution >= 4 is 28.6 Å². The maximum Gasteiger partial charge on any atom is 0.310 e. The number of hydrogen-bond acceptors (Lipinski definition) is 3. The molecular weight excluding hydrogens is 401 g/mol. The Morgan fingerprint density at radius 3 is 2.52 bits per heavy atom. The highest BCUT2D eigenvalue weighted by Gasteiger charge is 2.52. The van der Waals surface area contributed by atoms with Gasteiger partial charge in [-0.05, 0) is 69.2 Å². The molecular formula is C19H32INO2.